The van der Waals surface area contributed by atoms with Gasteiger partial charge < -0.3 is 29.1 Å². The zero-order chi connectivity index (χ0) is 25.9. The van der Waals surface area contributed by atoms with Crippen LogP contribution in [-0.4, -0.2) is 67.0 Å². The van der Waals surface area contributed by atoms with E-state index in [9.17, 15) is 14.7 Å². The molecule has 0 radical (unpaired) electrons. The number of aliphatic hydroxyl groups excluding tert-OH is 1. The molecule has 2 aliphatic heterocycles. The zero-order valence-corrected chi connectivity index (χ0v) is 20.7. The molecule has 1 fully saturated rings. The third-order valence-electron chi connectivity index (χ3n) is 6.30. The van der Waals surface area contributed by atoms with Gasteiger partial charge in [0.15, 0.2) is 11.5 Å². The average molecular weight is 501 g/mol. The molecule has 8 nitrogen and oxygen atoms in total. The van der Waals surface area contributed by atoms with Crippen LogP contribution in [0.2, 0.25) is 0 Å². The fraction of sp³-hybridized carbons (Fsp3) is 0.241. The van der Waals surface area contributed by atoms with Gasteiger partial charge >= 0.3 is 0 Å². The van der Waals surface area contributed by atoms with Crippen molar-refractivity contribution in [1.82, 2.24) is 9.80 Å². The fourth-order valence-corrected chi connectivity index (χ4v) is 4.48. The fourth-order valence-electron chi connectivity index (χ4n) is 4.48. The Morgan fingerprint density at radius 1 is 0.946 bits per heavy atom. The predicted octanol–water partition coefficient (Wildman–Crippen LogP) is 4.23. The Bertz CT molecular complexity index is 1350. The molecule has 1 amide bonds. The Morgan fingerprint density at radius 2 is 1.68 bits per heavy atom. The number of likely N-dealkylation sites (N-methyl/N-ethyl adjacent to an activating group) is 1. The van der Waals surface area contributed by atoms with Gasteiger partial charge in [0.05, 0.1) is 11.6 Å². The van der Waals surface area contributed by atoms with Gasteiger partial charge in [-0.3, -0.25) is 9.59 Å². The number of fused-ring (bicyclic) bond motifs is 1. The number of hydrogen-bond acceptors (Lipinski definition) is 7. The standard InChI is InChI=1S/C29H28N2O6/c1-30(2)13-14-31-26(19-7-6-10-22(17-19)37-21-8-4-3-5-9-21)25(28(33)29(31)34)27(32)20-11-12-23-24(18-20)36-16-15-35-23/h3-12,17-18,26,32H,13-16H2,1-2H3/t26-/m1/s1. The van der Waals surface area contributed by atoms with Crippen LogP contribution in [0.15, 0.2) is 78.4 Å². The summed E-state index contributed by atoms with van der Waals surface area (Å²) < 4.78 is 17.2. The van der Waals surface area contributed by atoms with E-state index in [0.29, 0.717) is 60.4 Å². The molecule has 1 N–H and O–H groups in total. The number of benzene rings is 3. The molecule has 0 unspecified atom stereocenters. The van der Waals surface area contributed by atoms with Gasteiger partial charge in [0.1, 0.15) is 30.5 Å². The molecule has 3 aromatic carbocycles. The van der Waals surface area contributed by atoms with Crippen LogP contribution < -0.4 is 14.2 Å². The van der Waals surface area contributed by atoms with Crippen molar-refractivity contribution in [2.24, 2.45) is 0 Å². The molecule has 3 aromatic rings. The summed E-state index contributed by atoms with van der Waals surface area (Å²) in [6.07, 6.45) is 0. The van der Waals surface area contributed by atoms with Gasteiger partial charge in [-0.1, -0.05) is 30.3 Å². The first-order valence-electron chi connectivity index (χ1n) is 12.1. The highest BCUT2D eigenvalue weighted by Crippen LogP contribution is 2.42. The number of nitrogens with zero attached hydrogens (tertiary/aromatic N) is 2. The van der Waals surface area contributed by atoms with Gasteiger partial charge in [0.2, 0.25) is 0 Å². The first-order valence-corrected chi connectivity index (χ1v) is 12.1. The summed E-state index contributed by atoms with van der Waals surface area (Å²) in [6.45, 7) is 1.69. The summed E-state index contributed by atoms with van der Waals surface area (Å²) in [4.78, 5) is 30.0. The van der Waals surface area contributed by atoms with E-state index in [2.05, 4.69) is 0 Å². The molecule has 2 aliphatic rings. The number of likely N-dealkylation sites (tertiary alicyclic amines) is 1. The lowest BCUT2D eigenvalue weighted by molar-refractivity contribution is -0.140. The minimum absolute atomic E-state index is 0.0253. The minimum atomic E-state index is -0.785. The highest BCUT2D eigenvalue weighted by molar-refractivity contribution is 6.46. The lowest BCUT2D eigenvalue weighted by atomic mass is 9.95. The number of amides is 1. The van der Waals surface area contributed by atoms with E-state index in [1.165, 1.54) is 4.90 Å². The summed E-state index contributed by atoms with van der Waals surface area (Å²) in [7, 11) is 3.80. The van der Waals surface area contributed by atoms with E-state index in [-0.39, 0.29) is 11.3 Å². The summed E-state index contributed by atoms with van der Waals surface area (Å²) in [5, 5.41) is 11.4. The van der Waals surface area contributed by atoms with Gasteiger partial charge in [-0.15, -0.1) is 0 Å². The van der Waals surface area contributed by atoms with Gasteiger partial charge in [-0.2, -0.15) is 0 Å². The molecular formula is C29H28N2O6. The topological polar surface area (TPSA) is 88.5 Å². The van der Waals surface area contributed by atoms with Crippen LogP contribution in [0.25, 0.3) is 5.76 Å². The molecule has 8 heteroatoms. The molecule has 1 atom stereocenters. The smallest absolute Gasteiger partial charge is 0.295 e. The maximum Gasteiger partial charge on any atom is 0.295 e. The predicted molar refractivity (Wildman–Crippen MR) is 138 cm³/mol. The third-order valence-corrected chi connectivity index (χ3v) is 6.30. The number of ketones is 1. The number of Topliss-reactive ketones (excluding diaryl/α,β-unsaturated/α-hetero) is 1. The molecule has 0 saturated carbocycles. The molecule has 0 spiro atoms. The lowest BCUT2D eigenvalue weighted by Crippen LogP contribution is -2.35. The molecule has 5 rings (SSSR count). The Labute approximate surface area is 215 Å². The first-order chi connectivity index (χ1) is 17.9. The maximum absolute atomic E-state index is 13.3. The molecule has 0 aliphatic carbocycles. The van der Waals surface area contributed by atoms with Crippen molar-refractivity contribution in [3.63, 3.8) is 0 Å². The van der Waals surface area contributed by atoms with Crippen LogP contribution in [-0.2, 0) is 9.59 Å². The number of carbonyl (C=O) groups excluding carboxylic acids is 2. The maximum atomic E-state index is 13.3. The molecule has 190 valence electrons. The van der Waals surface area contributed by atoms with Crippen molar-refractivity contribution in [3.8, 4) is 23.0 Å². The van der Waals surface area contributed by atoms with Crippen LogP contribution in [0.3, 0.4) is 0 Å². The van der Waals surface area contributed by atoms with Crippen LogP contribution in [0.1, 0.15) is 17.2 Å². The molecule has 37 heavy (non-hydrogen) atoms. The highest BCUT2D eigenvalue weighted by Gasteiger charge is 2.46. The van der Waals surface area contributed by atoms with Gasteiger partial charge in [0.25, 0.3) is 11.7 Å². The molecule has 2 heterocycles. The Hall–Kier alpha value is -4.30. The zero-order valence-electron chi connectivity index (χ0n) is 20.7. The molecule has 0 aromatic heterocycles. The number of aliphatic hydroxyl groups is 1. The molecule has 1 saturated heterocycles. The number of carbonyl (C=O) groups is 2. The number of hydrogen-bond donors (Lipinski definition) is 1. The quantitative estimate of drug-likeness (QED) is 0.295. The summed E-state index contributed by atoms with van der Waals surface area (Å²) in [6, 6.07) is 20.8. The number of rotatable bonds is 7. The monoisotopic (exact) mass is 500 g/mol. The van der Waals surface area contributed by atoms with Crippen molar-refractivity contribution in [2.75, 3.05) is 40.4 Å². The second kappa shape index (κ2) is 10.4. The highest BCUT2D eigenvalue weighted by atomic mass is 16.6. The Balaban J connectivity index is 1.58. The summed E-state index contributed by atoms with van der Waals surface area (Å²) in [5.41, 5.74) is 1.05. The van der Waals surface area contributed by atoms with Crippen LogP contribution >= 0.6 is 0 Å². The largest absolute Gasteiger partial charge is 0.507 e. The number of ether oxygens (including phenoxy) is 3. The third kappa shape index (κ3) is 5.01. The lowest BCUT2D eigenvalue weighted by Gasteiger charge is -2.27. The van der Waals surface area contributed by atoms with Crippen LogP contribution in [0.5, 0.6) is 23.0 Å². The molecular weight excluding hydrogens is 472 g/mol. The van der Waals surface area contributed by atoms with E-state index in [1.807, 2.05) is 67.5 Å². The van der Waals surface area contributed by atoms with Crippen molar-refractivity contribution >= 4 is 17.4 Å². The Morgan fingerprint density at radius 3 is 2.43 bits per heavy atom. The van der Waals surface area contributed by atoms with Gasteiger partial charge in [0, 0.05) is 18.7 Å². The van der Waals surface area contributed by atoms with Crippen molar-refractivity contribution < 1.29 is 28.9 Å². The van der Waals surface area contributed by atoms with Crippen molar-refractivity contribution in [3.05, 3.63) is 89.5 Å². The SMILES string of the molecule is CN(C)CCN1C(=O)C(=O)C(=C(O)c2ccc3c(c2)OCCO3)[C@H]1c1cccc(Oc2ccccc2)c1. The van der Waals surface area contributed by atoms with E-state index < -0.39 is 17.7 Å². The van der Waals surface area contributed by atoms with Crippen molar-refractivity contribution in [2.45, 2.75) is 6.04 Å². The second-order valence-corrected chi connectivity index (χ2v) is 9.14. The minimum Gasteiger partial charge on any atom is -0.507 e. The van der Waals surface area contributed by atoms with Crippen LogP contribution in [0, 0.1) is 0 Å². The normalized spacial score (nSPS) is 18.4. The van der Waals surface area contributed by atoms with E-state index >= 15 is 0 Å². The molecule has 0 bridgehead atoms. The van der Waals surface area contributed by atoms with Gasteiger partial charge in [-0.25, -0.2) is 0 Å². The van der Waals surface area contributed by atoms with Gasteiger partial charge in [-0.05, 0) is 62.1 Å². The van der Waals surface area contributed by atoms with Crippen LogP contribution in [0.4, 0.5) is 0 Å². The first kappa shape index (κ1) is 24.4. The number of para-hydroxylation sites is 1. The average Bonchev–Trinajstić information content (AvgIpc) is 3.17. The van der Waals surface area contributed by atoms with E-state index in [0.717, 1.165) is 0 Å². The second-order valence-electron chi connectivity index (χ2n) is 9.14. The van der Waals surface area contributed by atoms with Crippen molar-refractivity contribution in [1.29, 1.82) is 0 Å². The van der Waals surface area contributed by atoms with E-state index in [4.69, 9.17) is 14.2 Å². The Kier molecular flexibility index (Phi) is 6.83. The summed E-state index contributed by atoms with van der Waals surface area (Å²) >= 11 is 0. The summed E-state index contributed by atoms with van der Waals surface area (Å²) in [5.74, 6) is 0.621. The van der Waals surface area contributed by atoms with E-state index in [1.54, 1.807) is 24.3 Å².